The minimum atomic E-state index is -0.0535. The summed E-state index contributed by atoms with van der Waals surface area (Å²) in [6.45, 7) is 3.96. The molecule has 0 radical (unpaired) electrons. The third-order valence-corrected chi connectivity index (χ3v) is 6.50. The molecule has 2 aliphatic rings. The quantitative estimate of drug-likeness (QED) is 0.698. The van der Waals surface area contributed by atoms with Gasteiger partial charge in [-0.25, -0.2) is 9.36 Å². The van der Waals surface area contributed by atoms with Crippen molar-refractivity contribution < 1.29 is 0 Å². The SMILES string of the molecule is Cc1cc(C)n(-c2ccc(=O)n(C3CCC(Nc4cc5c(nn4)CCCC5)CC3)n2)n1. The van der Waals surface area contributed by atoms with E-state index in [1.54, 1.807) is 21.5 Å². The molecular weight excluding hydrogens is 390 g/mol. The summed E-state index contributed by atoms with van der Waals surface area (Å²) in [6.07, 6.45) is 8.36. The second kappa shape index (κ2) is 8.24. The Kier molecular flexibility index (Phi) is 5.29. The number of hydrogen-bond acceptors (Lipinski definition) is 6. The molecule has 5 rings (SSSR count). The molecule has 3 aromatic heterocycles. The number of rotatable bonds is 4. The molecule has 0 unspecified atom stereocenters. The summed E-state index contributed by atoms with van der Waals surface area (Å²) in [7, 11) is 0. The largest absolute Gasteiger partial charge is 0.366 e. The Labute approximate surface area is 181 Å². The number of aromatic nitrogens is 6. The molecule has 0 atom stereocenters. The number of nitrogens with one attached hydrogen (secondary N) is 1. The zero-order valence-corrected chi connectivity index (χ0v) is 18.2. The number of aryl methyl sites for hydroxylation is 4. The average Bonchev–Trinajstić information content (AvgIpc) is 3.12. The fraction of sp³-hybridized carbons (Fsp3) is 0.522. The Morgan fingerprint density at radius 3 is 2.55 bits per heavy atom. The van der Waals surface area contributed by atoms with Crippen LogP contribution in [0.5, 0.6) is 0 Å². The average molecular weight is 420 g/mol. The van der Waals surface area contributed by atoms with E-state index in [1.807, 2.05) is 19.9 Å². The molecule has 162 valence electrons. The minimum absolute atomic E-state index is 0.0535. The van der Waals surface area contributed by atoms with Gasteiger partial charge in [0.25, 0.3) is 5.56 Å². The van der Waals surface area contributed by atoms with E-state index >= 15 is 0 Å². The third kappa shape index (κ3) is 4.11. The molecule has 8 heteroatoms. The van der Waals surface area contributed by atoms with Gasteiger partial charge in [-0.15, -0.1) is 10.2 Å². The van der Waals surface area contributed by atoms with Crippen LogP contribution in [-0.4, -0.2) is 35.8 Å². The minimum Gasteiger partial charge on any atom is -0.366 e. The van der Waals surface area contributed by atoms with Gasteiger partial charge in [0, 0.05) is 17.8 Å². The smallest absolute Gasteiger partial charge is 0.267 e. The van der Waals surface area contributed by atoms with Crippen LogP contribution in [0, 0.1) is 13.8 Å². The lowest BCUT2D eigenvalue weighted by molar-refractivity contribution is 0.302. The maximum atomic E-state index is 12.5. The molecule has 1 fully saturated rings. The molecule has 1 saturated carbocycles. The van der Waals surface area contributed by atoms with Crippen LogP contribution in [0.15, 0.2) is 29.1 Å². The number of fused-ring (bicyclic) bond motifs is 1. The van der Waals surface area contributed by atoms with Crippen molar-refractivity contribution in [2.45, 2.75) is 77.3 Å². The topological polar surface area (TPSA) is 90.5 Å². The van der Waals surface area contributed by atoms with Crippen LogP contribution >= 0.6 is 0 Å². The van der Waals surface area contributed by atoms with Gasteiger partial charge >= 0.3 is 0 Å². The van der Waals surface area contributed by atoms with Crippen LogP contribution < -0.4 is 10.9 Å². The molecule has 3 heterocycles. The van der Waals surface area contributed by atoms with E-state index in [0.29, 0.717) is 11.9 Å². The predicted molar refractivity (Wildman–Crippen MR) is 119 cm³/mol. The van der Waals surface area contributed by atoms with E-state index in [0.717, 1.165) is 61.4 Å². The molecule has 2 aliphatic carbocycles. The third-order valence-electron chi connectivity index (χ3n) is 6.50. The van der Waals surface area contributed by atoms with Crippen molar-refractivity contribution >= 4 is 5.82 Å². The van der Waals surface area contributed by atoms with Gasteiger partial charge in [0.05, 0.1) is 17.4 Å². The summed E-state index contributed by atoms with van der Waals surface area (Å²) in [4.78, 5) is 12.5. The van der Waals surface area contributed by atoms with Gasteiger partial charge in [0.2, 0.25) is 0 Å². The highest BCUT2D eigenvalue weighted by molar-refractivity contribution is 5.40. The lowest BCUT2D eigenvalue weighted by Crippen LogP contribution is -2.34. The fourth-order valence-corrected chi connectivity index (χ4v) is 4.89. The molecular formula is C23H29N7O. The molecule has 0 bridgehead atoms. The molecule has 1 N–H and O–H groups in total. The van der Waals surface area contributed by atoms with Gasteiger partial charge in [0.15, 0.2) is 5.82 Å². The van der Waals surface area contributed by atoms with E-state index in [1.165, 1.54) is 18.4 Å². The summed E-state index contributed by atoms with van der Waals surface area (Å²) in [5, 5.41) is 21.6. The Balaban J connectivity index is 1.27. The van der Waals surface area contributed by atoms with E-state index in [4.69, 9.17) is 0 Å². The standard InChI is InChI=1S/C23H29N7O/c1-15-13-16(2)29(27-15)22-11-12-23(31)30(28-22)19-9-7-18(8-10-19)24-21-14-17-5-3-4-6-20(17)25-26-21/h11-14,18-19H,3-10H2,1-2H3,(H,24,26). The highest BCUT2D eigenvalue weighted by atomic mass is 16.1. The Morgan fingerprint density at radius 1 is 0.968 bits per heavy atom. The number of hydrogen-bond donors (Lipinski definition) is 1. The maximum absolute atomic E-state index is 12.5. The van der Waals surface area contributed by atoms with Crippen LogP contribution in [0.3, 0.4) is 0 Å². The summed E-state index contributed by atoms with van der Waals surface area (Å²) in [5.74, 6) is 1.57. The van der Waals surface area contributed by atoms with Gasteiger partial charge < -0.3 is 5.32 Å². The first-order valence-corrected chi connectivity index (χ1v) is 11.3. The normalized spacial score (nSPS) is 21.0. The van der Waals surface area contributed by atoms with Gasteiger partial charge in [-0.1, -0.05) is 0 Å². The Bertz CT molecular complexity index is 1140. The summed E-state index contributed by atoms with van der Waals surface area (Å²) >= 11 is 0. The maximum Gasteiger partial charge on any atom is 0.267 e. The zero-order chi connectivity index (χ0) is 21.4. The van der Waals surface area contributed by atoms with Gasteiger partial charge in [-0.05, 0) is 89.0 Å². The van der Waals surface area contributed by atoms with Gasteiger partial charge in [-0.2, -0.15) is 10.2 Å². The second-order valence-corrected chi connectivity index (χ2v) is 8.87. The zero-order valence-electron chi connectivity index (χ0n) is 18.2. The second-order valence-electron chi connectivity index (χ2n) is 8.87. The van der Waals surface area contributed by atoms with Crippen molar-refractivity contribution in [2.24, 2.45) is 0 Å². The first-order valence-electron chi connectivity index (χ1n) is 11.3. The van der Waals surface area contributed by atoms with Crippen LogP contribution in [0.2, 0.25) is 0 Å². The van der Waals surface area contributed by atoms with Crippen molar-refractivity contribution in [3.8, 4) is 5.82 Å². The molecule has 0 aromatic carbocycles. The van der Waals surface area contributed by atoms with Crippen LogP contribution in [0.4, 0.5) is 5.82 Å². The van der Waals surface area contributed by atoms with Crippen molar-refractivity contribution in [1.29, 1.82) is 0 Å². The Morgan fingerprint density at radius 2 is 1.77 bits per heavy atom. The fourth-order valence-electron chi connectivity index (χ4n) is 4.89. The molecule has 3 aromatic rings. The summed E-state index contributed by atoms with van der Waals surface area (Å²) < 4.78 is 3.45. The molecule has 0 amide bonds. The summed E-state index contributed by atoms with van der Waals surface area (Å²) in [5.41, 5.74) is 4.40. The first-order chi connectivity index (χ1) is 15.1. The molecule has 0 saturated heterocycles. The predicted octanol–water partition coefficient (Wildman–Crippen LogP) is 3.31. The Hall–Kier alpha value is -3.03. The van der Waals surface area contributed by atoms with E-state index in [2.05, 4.69) is 31.8 Å². The highest BCUT2D eigenvalue weighted by Gasteiger charge is 2.25. The molecule has 31 heavy (non-hydrogen) atoms. The number of nitrogens with zero attached hydrogens (tertiary/aromatic N) is 6. The highest BCUT2D eigenvalue weighted by Crippen LogP contribution is 2.29. The van der Waals surface area contributed by atoms with Crippen molar-refractivity contribution in [2.75, 3.05) is 5.32 Å². The van der Waals surface area contributed by atoms with E-state index < -0.39 is 0 Å². The van der Waals surface area contributed by atoms with E-state index in [9.17, 15) is 4.79 Å². The van der Waals surface area contributed by atoms with Crippen LogP contribution in [0.25, 0.3) is 5.82 Å². The molecule has 8 nitrogen and oxygen atoms in total. The number of anilines is 1. The van der Waals surface area contributed by atoms with Crippen molar-refractivity contribution in [1.82, 2.24) is 29.8 Å². The van der Waals surface area contributed by atoms with Gasteiger partial charge in [0.1, 0.15) is 5.82 Å². The first kappa shape index (κ1) is 19.9. The van der Waals surface area contributed by atoms with Crippen molar-refractivity contribution in [3.05, 3.63) is 57.3 Å². The van der Waals surface area contributed by atoms with Crippen molar-refractivity contribution in [3.63, 3.8) is 0 Å². The lowest BCUT2D eigenvalue weighted by Gasteiger charge is -2.30. The summed E-state index contributed by atoms with van der Waals surface area (Å²) in [6, 6.07) is 8.00. The van der Waals surface area contributed by atoms with Crippen LogP contribution in [0.1, 0.15) is 67.2 Å². The molecule has 0 aliphatic heterocycles. The molecule has 0 spiro atoms. The lowest BCUT2D eigenvalue weighted by atomic mass is 9.91. The van der Waals surface area contributed by atoms with Gasteiger partial charge in [-0.3, -0.25) is 4.79 Å². The van der Waals surface area contributed by atoms with Crippen LogP contribution in [-0.2, 0) is 12.8 Å². The van der Waals surface area contributed by atoms with E-state index in [-0.39, 0.29) is 11.6 Å². The monoisotopic (exact) mass is 419 g/mol.